The molecule has 1 heterocycles. The summed E-state index contributed by atoms with van der Waals surface area (Å²) >= 11 is 3.44. The summed E-state index contributed by atoms with van der Waals surface area (Å²) in [6.07, 6.45) is 0. The highest BCUT2D eigenvalue weighted by Crippen LogP contribution is 2.15. The van der Waals surface area contributed by atoms with Crippen molar-refractivity contribution < 1.29 is 4.79 Å². The quantitative estimate of drug-likeness (QED) is 0.881. The lowest BCUT2D eigenvalue weighted by Crippen LogP contribution is -2.24. The molecule has 0 aliphatic rings. The Balaban J connectivity index is 1.96. The fourth-order valence-electron chi connectivity index (χ4n) is 1.64. The topological polar surface area (TPSA) is 66.9 Å². The van der Waals surface area contributed by atoms with Gasteiger partial charge in [0, 0.05) is 17.6 Å². The van der Waals surface area contributed by atoms with E-state index in [2.05, 4.69) is 36.8 Å². The molecule has 0 saturated heterocycles. The van der Waals surface area contributed by atoms with E-state index in [9.17, 15) is 4.79 Å². The number of nitrogens with one attached hydrogen (secondary N) is 2. The van der Waals surface area contributed by atoms with Gasteiger partial charge in [-0.25, -0.2) is 0 Å². The average Bonchev–Trinajstić information content (AvgIpc) is 2.47. The van der Waals surface area contributed by atoms with Crippen molar-refractivity contribution in [2.24, 2.45) is 0 Å². The smallest absolute Gasteiger partial charge is 0.272 e. The summed E-state index contributed by atoms with van der Waals surface area (Å²) in [4.78, 5) is 11.9. The molecular weight excluding hydrogens is 320 g/mol. The molecule has 0 unspecified atom stereocenters. The maximum absolute atomic E-state index is 11.9. The minimum Gasteiger partial charge on any atom is -0.369 e. The number of halogens is 1. The van der Waals surface area contributed by atoms with E-state index in [1.165, 1.54) is 0 Å². The molecular formula is C14H15BrN4O. The molecule has 2 rings (SSSR count). The van der Waals surface area contributed by atoms with Crippen molar-refractivity contribution >= 4 is 27.7 Å². The van der Waals surface area contributed by atoms with Crippen LogP contribution in [0.5, 0.6) is 0 Å². The van der Waals surface area contributed by atoms with Crippen LogP contribution < -0.4 is 10.6 Å². The van der Waals surface area contributed by atoms with Crippen molar-refractivity contribution in [2.45, 2.75) is 13.5 Å². The first kappa shape index (κ1) is 14.5. The van der Waals surface area contributed by atoms with Gasteiger partial charge in [0.25, 0.3) is 5.91 Å². The van der Waals surface area contributed by atoms with Gasteiger partial charge in [-0.15, -0.1) is 10.2 Å². The third-order valence-corrected chi connectivity index (χ3v) is 3.43. The predicted molar refractivity (Wildman–Crippen MR) is 81.5 cm³/mol. The van der Waals surface area contributed by atoms with Crippen LogP contribution in [0.2, 0.25) is 0 Å². The highest BCUT2D eigenvalue weighted by atomic mass is 79.9. The second-order valence-corrected chi connectivity index (χ2v) is 4.96. The van der Waals surface area contributed by atoms with E-state index in [-0.39, 0.29) is 5.91 Å². The molecule has 0 aliphatic carbocycles. The van der Waals surface area contributed by atoms with E-state index >= 15 is 0 Å². The molecule has 5 nitrogen and oxygen atoms in total. The zero-order chi connectivity index (χ0) is 14.4. The van der Waals surface area contributed by atoms with Gasteiger partial charge in [0.15, 0.2) is 5.69 Å². The summed E-state index contributed by atoms with van der Waals surface area (Å²) in [5, 5.41) is 13.7. The number of amides is 1. The van der Waals surface area contributed by atoms with Gasteiger partial charge in [0.1, 0.15) is 5.82 Å². The predicted octanol–water partition coefficient (Wildman–Crippen LogP) is 2.60. The second-order valence-electron chi connectivity index (χ2n) is 4.11. The molecule has 0 atom stereocenters. The third-order valence-electron chi connectivity index (χ3n) is 2.65. The van der Waals surface area contributed by atoms with E-state index in [0.717, 1.165) is 16.6 Å². The lowest BCUT2D eigenvalue weighted by molar-refractivity contribution is 0.0945. The molecule has 6 heteroatoms. The molecule has 2 N–H and O–H groups in total. The summed E-state index contributed by atoms with van der Waals surface area (Å²) < 4.78 is 0.967. The third kappa shape index (κ3) is 3.77. The van der Waals surface area contributed by atoms with Crippen molar-refractivity contribution in [1.82, 2.24) is 15.5 Å². The van der Waals surface area contributed by atoms with E-state index in [0.29, 0.717) is 18.1 Å². The lowest BCUT2D eigenvalue weighted by Gasteiger charge is -2.07. The minimum atomic E-state index is -0.240. The summed E-state index contributed by atoms with van der Waals surface area (Å²) in [7, 11) is 0. The van der Waals surface area contributed by atoms with Crippen LogP contribution in [0, 0.1) is 0 Å². The van der Waals surface area contributed by atoms with Gasteiger partial charge in [-0.2, -0.15) is 0 Å². The largest absolute Gasteiger partial charge is 0.369 e. The van der Waals surface area contributed by atoms with Gasteiger partial charge in [-0.05, 0) is 30.7 Å². The van der Waals surface area contributed by atoms with Gasteiger partial charge in [-0.1, -0.05) is 34.1 Å². The highest BCUT2D eigenvalue weighted by Gasteiger charge is 2.08. The average molecular weight is 335 g/mol. The lowest BCUT2D eigenvalue weighted by atomic mass is 10.2. The van der Waals surface area contributed by atoms with Gasteiger partial charge >= 0.3 is 0 Å². The molecule has 1 aromatic carbocycles. The number of nitrogens with zero attached hydrogens (tertiary/aromatic N) is 2. The van der Waals surface area contributed by atoms with E-state index in [4.69, 9.17) is 0 Å². The molecule has 0 fully saturated rings. The number of anilines is 1. The molecule has 0 saturated carbocycles. The fourth-order valence-corrected chi connectivity index (χ4v) is 2.06. The molecule has 0 bridgehead atoms. The SMILES string of the molecule is CCNc1ccc(C(=O)NCc2ccccc2Br)nn1. The van der Waals surface area contributed by atoms with Crippen LogP contribution in [-0.2, 0) is 6.54 Å². The van der Waals surface area contributed by atoms with Crippen molar-refractivity contribution in [3.8, 4) is 0 Å². The first-order valence-electron chi connectivity index (χ1n) is 6.30. The van der Waals surface area contributed by atoms with Crippen LogP contribution >= 0.6 is 15.9 Å². The minimum absolute atomic E-state index is 0.240. The molecule has 0 aliphatic heterocycles. The number of hydrogen-bond acceptors (Lipinski definition) is 4. The van der Waals surface area contributed by atoms with Gasteiger partial charge in [0.05, 0.1) is 0 Å². The van der Waals surface area contributed by atoms with E-state index in [1.807, 2.05) is 31.2 Å². The molecule has 0 spiro atoms. The van der Waals surface area contributed by atoms with Crippen molar-refractivity contribution in [3.63, 3.8) is 0 Å². The van der Waals surface area contributed by atoms with Crippen LogP contribution in [0.25, 0.3) is 0 Å². The van der Waals surface area contributed by atoms with Crippen molar-refractivity contribution in [2.75, 3.05) is 11.9 Å². The normalized spacial score (nSPS) is 10.1. The molecule has 1 aromatic heterocycles. The van der Waals surface area contributed by atoms with Crippen molar-refractivity contribution in [3.05, 3.63) is 52.1 Å². The highest BCUT2D eigenvalue weighted by molar-refractivity contribution is 9.10. The Bertz CT molecular complexity index is 586. The zero-order valence-corrected chi connectivity index (χ0v) is 12.6. The molecule has 1 amide bonds. The van der Waals surface area contributed by atoms with Gasteiger partial charge in [0.2, 0.25) is 0 Å². The standard InChI is InChI=1S/C14H15BrN4O/c1-2-16-13-8-7-12(18-19-13)14(20)17-9-10-5-3-4-6-11(10)15/h3-8H,2,9H2,1H3,(H,16,19)(H,17,20). The van der Waals surface area contributed by atoms with Gasteiger partial charge < -0.3 is 10.6 Å². The summed E-state index contributed by atoms with van der Waals surface area (Å²) in [6, 6.07) is 11.1. The maximum atomic E-state index is 11.9. The molecule has 0 radical (unpaired) electrons. The summed E-state index contributed by atoms with van der Waals surface area (Å²) in [5.74, 6) is 0.422. The monoisotopic (exact) mass is 334 g/mol. The maximum Gasteiger partial charge on any atom is 0.272 e. The number of carbonyl (C=O) groups excluding carboxylic acids is 1. The van der Waals surface area contributed by atoms with Crippen LogP contribution in [0.4, 0.5) is 5.82 Å². The summed E-state index contributed by atoms with van der Waals surface area (Å²) in [5.41, 5.74) is 1.32. The van der Waals surface area contributed by atoms with Crippen LogP contribution in [0.3, 0.4) is 0 Å². The molecule has 2 aromatic rings. The Morgan fingerprint density at radius 2 is 2.00 bits per heavy atom. The number of carbonyl (C=O) groups is 1. The van der Waals surface area contributed by atoms with Crippen LogP contribution in [-0.4, -0.2) is 22.6 Å². The number of benzene rings is 1. The van der Waals surface area contributed by atoms with Crippen LogP contribution in [0.15, 0.2) is 40.9 Å². The number of hydrogen-bond donors (Lipinski definition) is 2. The molecule has 104 valence electrons. The van der Waals surface area contributed by atoms with E-state index < -0.39 is 0 Å². The second kappa shape index (κ2) is 7.00. The Morgan fingerprint density at radius 1 is 1.20 bits per heavy atom. The Labute approximate surface area is 125 Å². The fraction of sp³-hybridized carbons (Fsp3) is 0.214. The van der Waals surface area contributed by atoms with Crippen LogP contribution in [0.1, 0.15) is 23.0 Å². The Hall–Kier alpha value is -1.95. The first-order chi connectivity index (χ1) is 9.70. The van der Waals surface area contributed by atoms with Crippen molar-refractivity contribution in [1.29, 1.82) is 0 Å². The Kier molecular flexibility index (Phi) is 5.06. The first-order valence-corrected chi connectivity index (χ1v) is 7.09. The Morgan fingerprint density at radius 3 is 2.65 bits per heavy atom. The van der Waals surface area contributed by atoms with E-state index in [1.54, 1.807) is 12.1 Å². The summed E-state index contributed by atoms with van der Waals surface area (Å²) in [6.45, 7) is 3.18. The van der Waals surface area contributed by atoms with Gasteiger partial charge in [-0.3, -0.25) is 4.79 Å². The number of aromatic nitrogens is 2. The number of rotatable bonds is 5. The zero-order valence-electron chi connectivity index (χ0n) is 11.1. The molecule has 20 heavy (non-hydrogen) atoms.